The maximum absolute atomic E-state index is 13.5. The number of carbonyl (C=O) groups excluding carboxylic acids is 2. The van der Waals surface area contributed by atoms with E-state index in [1.54, 1.807) is 24.3 Å². The number of likely N-dealkylation sites (tertiary alicyclic amines) is 1. The molecule has 1 aromatic heterocycles. The minimum atomic E-state index is -0.691. The Balaban J connectivity index is 1.53. The molecule has 158 valence electrons. The molecule has 1 fully saturated rings. The topological polar surface area (TPSA) is 62.7 Å². The van der Waals surface area contributed by atoms with Gasteiger partial charge in [0.05, 0.1) is 20.2 Å². The zero-order valence-electron chi connectivity index (χ0n) is 17.5. The zero-order valence-corrected chi connectivity index (χ0v) is 17.5. The molecule has 0 N–H and O–H groups in total. The molecular weight excluding hydrogens is 390 g/mol. The predicted octanol–water partition coefficient (Wildman–Crippen LogP) is 3.32. The number of rotatable bonds is 7. The van der Waals surface area contributed by atoms with Gasteiger partial charge in [-0.05, 0) is 35.4 Å². The summed E-state index contributed by atoms with van der Waals surface area (Å²) in [5.74, 6) is 0.343. The number of methoxy groups -OCH3 is 1. The molecule has 3 aromatic rings. The summed E-state index contributed by atoms with van der Waals surface area (Å²) in [5.41, 5.74) is 2.06. The lowest BCUT2D eigenvalue weighted by Crippen LogP contribution is -2.39. The second-order valence-corrected chi connectivity index (χ2v) is 7.63. The molecule has 6 heteroatoms. The largest absolute Gasteiger partial charge is 0.497 e. The number of Topliss-reactive ketones (excluding diaryl/α,β-unsaturated/α-hetero) is 1. The highest BCUT2D eigenvalue weighted by atomic mass is 16.5. The first-order chi connectivity index (χ1) is 15.1. The molecule has 1 aliphatic heterocycles. The van der Waals surface area contributed by atoms with Crippen LogP contribution in [-0.2, 0) is 22.7 Å². The van der Waals surface area contributed by atoms with Crippen molar-refractivity contribution in [2.45, 2.75) is 13.1 Å². The Morgan fingerprint density at radius 3 is 2.45 bits per heavy atom. The molecular formula is C25H25N3O3. The number of hydrogen-bond donors (Lipinski definition) is 0. The highest BCUT2D eigenvalue weighted by Crippen LogP contribution is 2.23. The first-order valence-corrected chi connectivity index (χ1v) is 10.3. The number of nitrogens with zero attached hydrogens (tertiary/aromatic N) is 3. The summed E-state index contributed by atoms with van der Waals surface area (Å²) < 4.78 is 5.22. The van der Waals surface area contributed by atoms with E-state index < -0.39 is 5.92 Å². The van der Waals surface area contributed by atoms with Crippen molar-refractivity contribution in [1.82, 2.24) is 9.88 Å². The summed E-state index contributed by atoms with van der Waals surface area (Å²) in [5, 5.41) is 0. The van der Waals surface area contributed by atoms with Crippen molar-refractivity contribution in [1.29, 1.82) is 0 Å². The van der Waals surface area contributed by atoms with E-state index in [2.05, 4.69) is 4.98 Å². The van der Waals surface area contributed by atoms with Crippen LogP contribution in [0.4, 0.5) is 5.82 Å². The van der Waals surface area contributed by atoms with Crippen LogP contribution in [0.2, 0.25) is 0 Å². The van der Waals surface area contributed by atoms with Crippen LogP contribution in [0.3, 0.4) is 0 Å². The van der Waals surface area contributed by atoms with E-state index in [0.717, 1.165) is 16.9 Å². The number of pyridine rings is 1. The summed E-state index contributed by atoms with van der Waals surface area (Å²) in [7, 11) is 1.62. The molecule has 0 spiro atoms. The van der Waals surface area contributed by atoms with Gasteiger partial charge in [0.15, 0.2) is 5.78 Å². The fourth-order valence-electron chi connectivity index (χ4n) is 3.82. The fourth-order valence-corrected chi connectivity index (χ4v) is 3.82. The Morgan fingerprint density at radius 2 is 1.77 bits per heavy atom. The maximum Gasteiger partial charge on any atom is 0.240 e. The first kappa shape index (κ1) is 20.8. The van der Waals surface area contributed by atoms with Crippen LogP contribution in [-0.4, -0.2) is 41.8 Å². The summed E-state index contributed by atoms with van der Waals surface area (Å²) in [6.45, 7) is 1.68. The van der Waals surface area contributed by atoms with Gasteiger partial charge in [-0.3, -0.25) is 19.4 Å². The number of carbonyl (C=O) groups is 2. The average Bonchev–Trinajstić information content (AvgIpc) is 3.18. The third-order valence-corrected chi connectivity index (χ3v) is 5.45. The summed E-state index contributed by atoms with van der Waals surface area (Å²) >= 11 is 0. The van der Waals surface area contributed by atoms with Crippen LogP contribution in [0.25, 0.3) is 0 Å². The fraction of sp³-hybridized carbons (Fsp3) is 0.240. The summed E-state index contributed by atoms with van der Waals surface area (Å²) in [6.07, 6.45) is 1.65. The van der Waals surface area contributed by atoms with Crippen LogP contribution in [0.15, 0.2) is 79.0 Å². The van der Waals surface area contributed by atoms with Gasteiger partial charge in [-0.2, -0.15) is 0 Å². The Morgan fingerprint density at radius 1 is 1.03 bits per heavy atom. The maximum atomic E-state index is 13.5. The number of amides is 1. The summed E-state index contributed by atoms with van der Waals surface area (Å²) in [4.78, 5) is 34.3. The highest BCUT2D eigenvalue weighted by molar-refractivity contribution is 6.09. The Bertz CT molecular complexity index is 1020. The zero-order chi connectivity index (χ0) is 21.6. The molecule has 1 aliphatic rings. The molecule has 31 heavy (non-hydrogen) atoms. The third-order valence-electron chi connectivity index (χ3n) is 5.45. The average molecular weight is 415 g/mol. The number of ketones is 1. The van der Waals surface area contributed by atoms with Gasteiger partial charge in [0, 0.05) is 19.3 Å². The number of ether oxygens (including phenoxy) is 1. The molecule has 0 aliphatic carbocycles. The second-order valence-electron chi connectivity index (χ2n) is 7.63. The molecule has 0 radical (unpaired) electrons. The lowest BCUT2D eigenvalue weighted by atomic mass is 10.1. The van der Waals surface area contributed by atoms with E-state index in [0.29, 0.717) is 25.5 Å². The normalized spacial score (nSPS) is 16.3. The monoisotopic (exact) mass is 415 g/mol. The first-order valence-electron chi connectivity index (χ1n) is 10.3. The number of hydrogen-bond acceptors (Lipinski definition) is 5. The molecule has 6 nitrogen and oxygen atoms in total. The molecule has 0 saturated carbocycles. The van der Waals surface area contributed by atoms with Gasteiger partial charge in [-0.25, -0.2) is 4.98 Å². The van der Waals surface area contributed by atoms with E-state index >= 15 is 0 Å². The Hall–Kier alpha value is -3.51. The van der Waals surface area contributed by atoms with Crippen molar-refractivity contribution in [3.8, 4) is 5.75 Å². The number of anilines is 1. The smallest absolute Gasteiger partial charge is 0.240 e. The minimum Gasteiger partial charge on any atom is -0.497 e. The van der Waals surface area contributed by atoms with Crippen molar-refractivity contribution in [3.05, 3.63) is 90.1 Å². The number of benzene rings is 2. The van der Waals surface area contributed by atoms with Gasteiger partial charge in [0.25, 0.3) is 0 Å². The molecule has 4 rings (SSSR count). The molecule has 2 aromatic carbocycles. The Kier molecular flexibility index (Phi) is 6.38. The minimum absolute atomic E-state index is 0.0448. The molecule has 0 unspecified atom stereocenters. The predicted molar refractivity (Wildman–Crippen MR) is 119 cm³/mol. The van der Waals surface area contributed by atoms with Crippen molar-refractivity contribution in [3.63, 3.8) is 0 Å². The van der Waals surface area contributed by atoms with Crippen molar-refractivity contribution in [2.75, 3.05) is 25.1 Å². The van der Waals surface area contributed by atoms with Gasteiger partial charge in [0.2, 0.25) is 5.91 Å². The second kappa shape index (κ2) is 9.53. The molecule has 2 heterocycles. The third kappa shape index (κ3) is 4.98. The van der Waals surface area contributed by atoms with Crippen LogP contribution < -0.4 is 9.64 Å². The highest BCUT2D eigenvalue weighted by Gasteiger charge is 2.39. The lowest BCUT2D eigenvalue weighted by Gasteiger charge is -2.24. The molecule has 1 amide bonds. The van der Waals surface area contributed by atoms with Gasteiger partial charge in [0.1, 0.15) is 17.5 Å². The van der Waals surface area contributed by atoms with Crippen molar-refractivity contribution >= 4 is 17.5 Å². The van der Waals surface area contributed by atoms with Crippen molar-refractivity contribution in [2.24, 2.45) is 5.92 Å². The Labute approximate surface area is 182 Å². The quantitative estimate of drug-likeness (QED) is 0.554. The number of aromatic nitrogens is 1. The van der Waals surface area contributed by atoms with E-state index in [1.165, 1.54) is 0 Å². The standard InChI is InChI=1S/C25H25N3O3/c1-31-21-12-10-20(11-13-21)16-28(24-9-5-6-14-26-24)25(30)22-17-27(18-23(22)29)15-19-7-3-2-4-8-19/h2-14,22H,15-18H2,1H3/t22-/m1/s1. The SMILES string of the molecule is COc1ccc(CN(C(=O)[C@@H]2CN(Cc3ccccc3)CC2=O)c2ccccn2)cc1. The van der Waals surface area contributed by atoms with Gasteiger partial charge in [-0.1, -0.05) is 48.5 Å². The van der Waals surface area contributed by atoms with Crippen LogP contribution in [0.5, 0.6) is 5.75 Å². The molecule has 0 bridgehead atoms. The van der Waals surface area contributed by atoms with E-state index in [1.807, 2.05) is 71.6 Å². The lowest BCUT2D eigenvalue weighted by molar-refractivity contribution is -0.129. The van der Waals surface area contributed by atoms with E-state index in [9.17, 15) is 9.59 Å². The summed E-state index contributed by atoms with van der Waals surface area (Å²) in [6, 6.07) is 23.0. The van der Waals surface area contributed by atoms with Crippen LogP contribution in [0.1, 0.15) is 11.1 Å². The molecule has 1 saturated heterocycles. The van der Waals surface area contributed by atoms with Gasteiger partial charge < -0.3 is 4.74 Å². The van der Waals surface area contributed by atoms with E-state index in [-0.39, 0.29) is 18.2 Å². The van der Waals surface area contributed by atoms with Crippen molar-refractivity contribution < 1.29 is 14.3 Å². The van der Waals surface area contributed by atoms with Crippen LogP contribution >= 0.6 is 0 Å². The molecule has 1 atom stereocenters. The van der Waals surface area contributed by atoms with E-state index in [4.69, 9.17) is 4.74 Å². The van der Waals surface area contributed by atoms with Crippen LogP contribution in [0, 0.1) is 5.92 Å². The van der Waals surface area contributed by atoms with Gasteiger partial charge in [-0.15, -0.1) is 0 Å². The van der Waals surface area contributed by atoms with Gasteiger partial charge >= 0.3 is 0 Å².